The maximum Gasteiger partial charge on any atom is 0.338 e. The molecule has 3 N–H and O–H groups in total. The molecular weight excluding hydrogens is 468 g/mol. The number of hydrogen-bond donors (Lipinski definition) is 3. The van der Waals surface area contributed by atoms with Gasteiger partial charge in [0.2, 0.25) is 5.92 Å². The molecule has 0 bridgehead atoms. The van der Waals surface area contributed by atoms with Crippen LogP contribution in [0.5, 0.6) is 0 Å². The van der Waals surface area contributed by atoms with E-state index in [4.69, 9.17) is 0 Å². The summed E-state index contributed by atoms with van der Waals surface area (Å²) in [5.41, 5.74) is -1.20. The van der Waals surface area contributed by atoms with Crippen LogP contribution in [0.4, 0.5) is 17.6 Å². The third-order valence-corrected chi connectivity index (χ3v) is 4.72. The molecule has 182 valence electrons. The molecule has 2 atom stereocenters. The summed E-state index contributed by atoms with van der Waals surface area (Å²) in [6.07, 6.45) is -5.53. The van der Waals surface area contributed by atoms with Crippen LogP contribution in [-0.2, 0) is 19.6 Å². The maximum absolute atomic E-state index is 12.9. The maximum atomic E-state index is 12.9. The fourth-order valence-electron chi connectivity index (χ4n) is 2.31. The SMILES string of the molecule is CC(F)(F)CC(O)COC(=O)c1cc(C(=O)OCCC(O)C(C)(F)F)cc(S(=O)(=O)O)c1. The van der Waals surface area contributed by atoms with Gasteiger partial charge >= 0.3 is 11.9 Å². The summed E-state index contributed by atoms with van der Waals surface area (Å²) in [5.74, 6) is -9.30. The average molecular weight is 490 g/mol. The second kappa shape index (κ2) is 10.6. The van der Waals surface area contributed by atoms with E-state index in [1.54, 1.807) is 0 Å². The Morgan fingerprint density at radius 2 is 1.50 bits per heavy atom. The van der Waals surface area contributed by atoms with Gasteiger partial charge in [0.15, 0.2) is 0 Å². The van der Waals surface area contributed by atoms with Crippen LogP contribution < -0.4 is 0 Å². The van der Waals surface area contributed by atoms with E-state index in [1.807, 2.05) is 0 Å². The minimum absolute atomic E-state index is 0.450. The molecule has 1 aromatic carbocycles. The van der Waals surface area contributed by atoms with Gasteiger partial charge < -0.3 is 19.7 Å². The Bertz CT molecular complexity index is 923. The van der Waals surface area contributed by atoms with E-state index in [9.17, 15) is 50.3 Å². The van der Waals surface area contributed by atoms with Crippen molar-refractivity contribution < 1.29 is 59.8 Å². The van der Waals surface area contributed by atoms with Crippen LogP contribution in [0, 0.1) is 0 Å². The Balaban J connectivity index is 2.98. The third-order valence-electron chi connectivity index (χ3n) is 3.89. The van der Waals surface area contributed by atoms with Crippen molar-refractivity contribution in [3.05, 3.63) is 29.3 Å². The van der Waals surface area contributed by atoms with Gasteiger partial charge in [-0.3, -0.25) is 4.55 Å². The zero-order chi connectivity index (χ0) is 24.9. The lowest BCUT2D eigenvalue weighted by Crippen LogP contribution is -2.31. The Morgan fingerprint density at radius 1 is 1.00 bits per heavy atom. The van der Waals surface area contributed by atoms with E-state index in [-0.39, 0.29) is 0 Å². The summed E-state index contributed by atoms with van der Waals surface area (Å²) in [6, 6.07) is 2.04. The number of hydrogen-bond acceptors (Lipinski definition) is 8. The standard InChI is InChI=1S/C18H22F4O9S/c1-17(19,20)8-12(23)9-31-16(26)11-5-10(6-13(7-11)32(27,28)29)15(25)30-4-3-14(24)18(2,21)22/h5-7,12,14,23-24H,3-4,8-9H2,1-2H3,(H,27,28,29). The average Bonchev–Trinajstić information content (AvgIpc) is 2.62. The highest BCUT2D eigenvalue weighted by molar-refractivity contribution is 7.85. The number of ether oxygens (including phenoxy) is 2. The number of halogens is 4. The van der Waals surface area contributed by atoms with Crippen molar-refractivity contribution in [2.45, 2.75) is 55.6 Å². The van der Waals surface area contributed by atoms with Crippen molar-refractivity contribution >= 4 is 22.1 Å². The zero-order valence-electron chi connectivity index (χ0n) is 16.9. The van der Waals surface area contributed by atoms with E-state index in [2.05, 4.69) is 9.47 Å². The second-order valence-electron chi connectivity index (χ2n) is 7.14. The molecule has 0 aliphatic carbocycles. The van der Waals surface area contributed by atoms with E-state index in [0.717, 1.165) is 6.07 Å². The molecule has 0 radical (unpaired) electrons. The molecule has 9 nitrogen and oxygen atoms in total. The first-order chi connectivity index (χ1) is 14.4. The van der Waals surface area contributed by atoms with Gasteiger partial charge in [-0.2, -0.15) is 8.42 Å². The van der Waals surface area contributed by atoms with E-state index in [0.29, 0.717) is 26.0 Å². The lowest BCUT2D eigenvalue weighted by atomic mass is 10.1. The summed E-state index contributed by atoms with van der Waals surface area (Å²) in [4.78, 5) is 23.3. The smallest absolute Gasteiger partial charge is 0.338 e. The van der Waals surface area contributed by atoms with E-state index in [1.165, 1.54) is 0 Å². The number of aliphatic hydroxyl groups is 2. The summed E-state index contributed by atoms with van der Waals surface area (Å²) < 4.78 is 92.9. The van der Waals surface area contributed by atoms with Crippen LogP contribution in [0.25, 0.3) is 0 Å². The molecule has 0 aliphatic rings. The van der Waals surface area contributed by atoms with Gasteiger partial charge in [-0.05, 0) is 25.1 Å². The van der Waals surface area contributed by atoms with Crippen molar-refractivity contribution in [2.75, 3.05) is 13.2 Å². The van der Waals surface area contributed by atoms with E-state index < -0.39 is 88.2 Å². The molecule has 0 aromatic heterocycles. The number of alkyl halides is 4. The summed E-state index contributed by atoms with van der Waals surface area (Å²) >= 11 is 0. The first-order valence-corrected chi connectivity index (χ1v) is 10.4. The molecule has 0 aliphatic heterocycles. The molecular formula is C18H22F4O9S. The molecule has 14 heteroatoms. The third kappa shape index (κ3) is 9.46. The van der Waals surface area contributed by atoms with Gasteiger partial charge in [0.1, 0.15) is 12.7 Å². The molecule has 0 amide bonds. The highest BCUT2D eigenvalue weighted by Gasteiger charge is 2.32. The lowest BCUT2D eigenvalue weighted by molar-refractivity contribution is -0.101. The van der Waals surface area contributed by atoms with Crippen LogP contribution in [0.1, 0.15) is 47.4 Å². The zero-order valence-corrected chi connectivity index (χ0v) is 17.7. The minimum Gasteiger partial charge on any atom is -0.462 e. The number of aliphatic hydroxyl groups excluding tert-OH is 2. The Kier molecular flexibility index (Phi) is 9.15. The number of carbonyl (C=O) groups is 2. The van der Waals surface area contributed by atoms with Gasteiger partial charge in [-0.1, -0.05) is 0 Å². The van der Waals surface area contributed by atoms with Crippen LogP contribution in [0.3, 0.4) is 0 Å². The van der Waals surface area contributed by atoms with Gasteiger partial charge in [0.25, 0.3) is 16.0 Å². The van der Waals surface area contributed by atoms with Gasteiger partial charge in [0.05, 0.1) is 28.7 Å². The van der Waals surface area contributed by atoms with Crippen LogP contribution >= 0.6 is 0 Å². The Hall–Kier alpha value is -2.29. The van der Waals surface area contributed by atoms with Crippen molar-refractivity contribution in [3.8, 4) is 0 Å². The highest BCUT2D eigenvalue weighted by Crippen LogP contribution is 2.22. The topological polar surface area (TPSA) is 147 Å². The molecule has 1 rings (SSSR count). The molecule has 0 fully saturated rings. The molecule has 0 saturated carbocycles. The predicted molar refractivity (Wildman–Crippen MR) is 99.3 cm³/mol. The Labute approximate surface area is 180 Å². The van der Waals surface area contributed by atoms with Crippen molar-refractivity contribution in [3.63, 3.8) is 0 Å². The van der Waals surface area contributed by atoms with Crippen LogP contribution in [0.2, 0.25) is 0 Å². The number of rotatable bonds is 11. The van der Waals surface area contributed by atoms with Crippen LogP contribution in [0.15, 0.2) is 23.1 Å². The van der Waals surface area contributed by atoms with Gasteiger partial charge in [-0.25, -0.2) is 27.2 Å². The fourth-order valence-corrected chi connectivity index (χ4v) is 2.86. The van der Waals surface area contributed by atoms with Gasteiger partial charge in [-0.15, -0.1) is 0 Å². The summed E-state index contributed by atoms with van der Waals surface area (Å²) in [6.45, 7) is -0.574. The minimum atomic E-state index is -4.93. The van der Waals surface area contributed by atoms with Crippen LogP contribution in [-0.4, -0.2) is 72.4 Å². The molecule has 0 heterocycles. The van der Waals surface area contributed by atoms with Crippen molar-refractivity contribution in [1.82, 2.24) is 0 Å². The molecule has 0 spiro atoms. The summed E-state index contributed by atoms with van der Waals surface area (Å²) in [5, 5.41) is 18.7. The monoisotopic (exact) mass is 490 g/mol. The first kappa shape index (κ1) is 27.7. The number of esters is 2. The largest absolute Gasteiger partial charge is 0.462 e. The highest BCUT2D eigenvalue weighted by atomic mass is 32.2. The second-order valence-corrected chi connectivity index (χ2v) is 8.57. The predicted octanol–water partition coefficient (Wildman–Crippen LogP) is 2.06. The molecule has 0 saturated heterocycles. The number of benzene rings is 1. The normalized spacial score (nSPS) is 14.5. The van der Waals surface area contributed by atoms with Gasteiger partial charge in [0, 0.05) is 19.8 Å². The molecule has 1 aromatic rings. The van der Waals surface area contributed by atoms with Crippen molar-refractivity contribution in [1.29, 1.82) is 0 Å². The van der Waals surface area contributed by atoms with E-state index >= 15 is 0 Å². The lowest BCUT2D eigenvalue weighted by Gasteiger charge is -2.17. The Morgan fingerprint density at radius 3 is 1.94 bits per heavy atom. The first-order valence-electron chi connectivity index (χ1n) is 8.99. The summed E-state index contributed by atoms with van der Waals surface area (Å²) in [7, 11) is -4.93. The molecule has 32 heavy (non-hydrogen) atoms. The number of carbonyl (C=O) groups excluding carboxylic acids is 2. The fraction of sp³-hybridized carbons (Fsp3) is 0.556. The molecule has 2 unspecified atom stereocenters. The van der Waals surface area contributed by atoms with Crippen molar-refractivity contribution in [2.24, 2.45) is 0 Å². The quantitative estimate of drug-likeness (QED) is 0.241.